The maximum absolute atomic E-state index is 6.16. The molecule has 1 aromatic carbocycles. The molecule has 0 saturated heterocycles. The molecule has 0 heterocycles. The van der Waals surface area contributed by atoms with Crippen LogP contribution in [0.4, 0.5) is 0 Å². The van der Waals surface area contributed by atoms with Gasteiger partial charge in [0.1, 0.15) is 5.75 Å². The summed E-state index contributed by atoms with van der Waals surface area (Å²) in [5.41, 5.74) is 1.20. The van der Waals surface area contributed by atoms with Crippen molar-refractivity contribution < 1.29 is 4.74 Å². The van der Waals surface area contributed by atoms with Gasteiger partial charge in [-0.3, -0.25) is 4.90 Å². The third kappa shape index (κ3) is 3.60. The van der Waals surface area contributed by atoms with Crippen molar-refractivity contribution in [3.63, 3.8) is 0 Å². The highest BCUT2D eigenvalue weighted by Gasteiger charge is 2.16. The number of hydrogen-bond donors (Lipinski definition) is 1. The summed E-state index contributed by atoms with van der Waals surface area (Å²) in [5, 5.41) is 3.88. The van der Waals surface area contributed by atoms with Crippen LogP contribution in [-0.2, 0) is 0 Å². The number of methoxy groups -OCH3 is 1. The number of halogens is 1. The van der Waals surface area contributed by atoms with Gasteiger partial charge in [-0.1, -0.05) is 24.6 Å². The summed E-state index contributed by atoms with van der Waals surface area (Å²) in [7, 11) is 5.70. The average molecular weight is 257 g/mol. The Labute approximate surface area is 109 Å². The largest absolute Gasteiger partial charge is 0.495 e. The molecule has 0 amide bonds. The number of nitrogens with zero attached hydrogens (tertiary/aromatic N) is 1. The van der Waals surface area contributed by atoms with Crippen LogP contribution in [0.3, 0.4) is 0 Å². The van der Waals surface area contributed by atoms with Gasteiger partial charge in [0.25, 0.3) is 0 Å². The van der Waals surface area contributed by atoms with E-state index in [4.69, 9.17) is 16.3 Å². The van der Waals surface area contributed by atoms with Crippen LogP contribution < -0.4 is 10.1 Å². The van der Waals surface area contributed by atoms with Crippen LogP contribution in [0.25, 0.3) is 0 Å². The Kier molecular flexibility index (Phi) is 5.75. The third-order valence-corrected chi connectivity index (χ3v) is 3.28. The molecule has 0 fully saturated rings. The molecule has 1 unspecified atom stereocenters. The Morgan fingerprint density at radius 2 is 2.18 bits per heavy atom. The first-order valence-corrected chi connectivity index (χ1v) is 6.20. The number of rotatable bonds is 6. The second-order valence-corrected chi connectivity index (χ2v) is 4.45. The van der Waals surface area contributed by atoms with E-state index in [-0.39, 0.29) is 0 Å². The van der Waals surface area contributed by atoms with E-state index in [1.165, 1.54) is 5.56 Å². The van der Waals surface area contributed by atoms with Crippen LogP contribution in [0.1, 0.15) is 18.5 Å². The standard InChI is InChI=1S/C13H21ClN2O/c1-5-16(3)12(9-15-2)10-6-7-13(17-4)11(14)8-10/h6-8,12,15H,5,9H2,1-4H3. The third-order valence-electron chi connectivity index (χ3n) is 2.99. The highest BCUT2D eigenvalue weighted by atomic mass is 35.5. The summed E-state index contributed by atoms with van der Waals surface area (Å²) >= 11 is 6.16. The van der Waals surface area contributed by atoms with Crippen molar-refractivity contribution >= 4 is 11.6 Å². The van der Waals surface area contributed by atoms with Gasteiger partial charge in [0, 0.05) is 12.6 Å². The topological polar surface area (TPSA) is 24.5 Å². The smallest absolute Gasteiger partial charge is 0.137 e. The molecule has 17 heavy (non-hydrogen) atoms. The zero-order chi connectivity index (χ0) is 12.8. The molecule has 0 spiro atoms. The molecule has 0 bridgehead atoms. The minimum atomic E-state index is 0.327. The molecular weight excluding hydrogens is 236 g/mol. The van der Waals surface area contributed by atoms with Gasteiger partial charge in [-0.05, 0) is 38.3 Å². The van der Waals surface area contributed by atoms with Crippen LogP contribution in [0.2, 0.25) is 5.02 Å². The van der Waals surface area contributed by atoms with Crippen molar-refractivity contribution in [3.05, 3.63) is 28.8 Å². The van der Waals surface area contributed by atoms with Crippen molar-refractivity contribution in [2.75, 3.05) is 34.3 Å². The van der Waals surface area contributed by atoms with Gasteiger partial charge < -0.3 is 10.1 Å². The van der Waals surface area contributed by atoms with Gasteiger partial charge in [0.2, 0.25) is 0 Å². The SMILES string of the molecule is CCN(C)C(CNC)c1ccc(OC)c(Cl)c1. The van der Waals surface area contributed by atoms with E-state index in [9.17, 15) is 0 Å². The number of ether oxygens (including phenoxy) is 1. The number of nitrogens with one attached hydrogen (secondary N) is 1. The molecule has 0 aromatic heterocycles. The summed E-state index contributed by atoms with van der Waals surface area (Å²) < 4.78 is 5.17. The minimum absolute atomic E-state index is 0.327. The van der Waals surface area contributed by atoms with E-state index in [0.29, 0.717) is 11.1 Å². The zero-order valence-corrected chi connectivity index (χ0v) is 11.7. The molecule has 0 aliphatic heterocycles. The van der Waals surface area contributed by atoms with Crippen LogP contribution in [0.5, 0.6) is 5.75 Å². The number of benzene rings is 1. The average Bonchev–Trinajstić information content (AvgIpc) is 2.35. The minimum Gasteiger partial charge on any atom is -0.495 e. The van der Waals surface area contributed by atoms with Gasteiger partial charge in [-0.2, -0.15) is 0 Å². The first-order chi connectivity index (χ1) is 8.13. The predicted molar refractivity (Wildman–Crippen MR) is 73.0 cm³/mol. The Bertz CT molecular complexity index is 357. The molecule has 0 aliphatic carbocycles. The predicted octanol–water partition coefficient (Wildman–Crippen LogP) is 2.56. The molecule has 0 aliphatic rings. The number of hydrogen-bond acceptors (Lipinski definition) is 3. The van der Waals surface area contributed by atoms with Gasteiger partial charge in [-0.15, -0.1) is 0 Å². The molecule has 1 N–H and O–H groups in total. The van der Waals surface area contributed by atoms with Crippen LogP contribution >= 0.6 is 11.6 Å². The molecule has 0 saturated carbocycles. The van der Waals surface area contributed by atoms with Crippen molar-refractivity contribution in [1.29, 1.82) is 0 Å². The summed E-state index contributed by atoms with van der Waals surface area (Å²) in [6, 6.07) is 6.30. The van der Waals surface area contributed by atoms with Gasteiger partial charge in [0.15, 0.2) is 0 Å². The van der Waals surface area contributed by atoms with Crippen molar-refractivity contribution in [2.24, 2.45) is 0 Å². The maximum atomic E-state index is 6.16. The van der Waals surface area contributed by atoms with Gasteiger partial charge in [0.05, 0.1) is 12.1 Å². The van der Waals surface area contributed by atoms with E-state index in [2.05, 4.69) is 30.3 Å². The quantitative estimate of drug-likeness (QED) is 0.847. The van der Waals surface area contributed by atoms with E-state index in [1.807, 2.05) is 19.2 Å². The number of likely N-dealkylation sites (N-methyl/N-ethyl adjacent to an activating group) is 2. The summed E-state index contributed by atoms with van der Waals surface area (Å²) in [6.07, 6.45) is 0. The van der Waals surface area contributed by atoms with E-state index < -0.39 is 0 Å². The highest BCUT2D eigenvalue weighted by molar-refractivity contribution is 6.32. The Balaban J connectivity index is 2.98. The molecule has 1 aromatic rings. The Morgan fingerprint density at radius 1 is 1.47 bits per heavy atom. The molecule has 3 nitrogen and oxygen atoms in total. The van der Waals surface area contributed by atoms with E-state index >= 15 is 0 Å². The monoisotopic (exact) mass is 256 g/mol. The Hall–Kier alpha value is -0.770. The molecule has 1 atom stereocenters. The van der Waals surface area contributed by atoms with E-state index in [1.54, 1.807) is 7.11 Å². The molecule has 96 valence electrons. The maximum Gasteiger partial charge on any atom is 0.137 e. The lowest BCUT2D eigenvalue weighted by Gasteiger charge is -2.27. The van der Waals surface area contributed by atoms with Crippen LogP contribution in [0.15, 0.2) is 18.2 Å². The fraction of sp³-hybridized carbons (Fsp3) is 0.538. The van der Waals surface area contributed by atoms with Crippen molar-refractivity contribution in [3.8, 4) is 5.75 Å². The molecule has 4 heteroatoms. The first-order valence-electron chi connectivity index (χ1n) is 5.82. The first kappa shape index (κ1) is 14.3. The lowest BCUT2D eigenvalue weighted by molar-refractivity contribution is 0.253. The zero-order valence-electron chi connectivity index (χ0n) is 11.0. The second-order valence-electron chi connectivity index (χ2n) is 4.04. The molecule has 0 radical (unpaired) electrons. The van der Waals surface area contributed by atoms with Gasteiger partial charge in [-0.25, -0.2) is 0 Å². The second kappa shape index (κ2) is 6.84. The molecule has 1 rings (SSSR count). The van der Waals surface area contributed by atoms with Crippen molar-refractivity contribution in [2.45, 2.75) is 13.0 Å². The fourth-order valence-corrected chi connectivity index (χ4v) is 2.10. The lowest BCUT2D eigenvalue weighted by Crippen LogP contribution is -2.31. The van der Waals surface area contributed by atoms with Gasteiger partial charge >= 0.3 is 0 Å². The normalized spacial score (nSPS) is 12.8. The van der Waals surface area contributed by atoms with E-state index in [0.717, 1.165) is 18.8 Å². The lowest BCUT2D eigenvalue weighted by atomic mass is 10.1. The van der Waals surface area contributed by atoms with Crippen LogP contribution in [0, 0.1) is 0 Å². The van der Waals surface area contributed by atoms with Crippen molar-refractivity contribution in [1.82, 2.24) is 10.2 Å². The Morgan fingerprint density at radius 3 is 2.65 bits per heavy atom. The summed E-state index contributed by atoms with van der Waals surface area (Å²) in [4.78, 5) is 2.29. The molecular formula is C13H21ClN2O. The van der Waals surface area contributed by atoms with Crippen LogP contribution in [-0.4, -0.2) is 39.2 Å². The highest BCUT2D eigenvalue weighted by Crippen LogP contribution is 2.29. The summed E-state index contributed by atoms with van der Waals surface area (Å²) in [6.45, 7) is 4.04. The fourth-order valence-electron chi connectivity index (χ4n) is 1.83. The summed E-state index contributed by atoms with van der Waals surface area (Å²) in [5.74, 6) is 0.720.